The Hall–Kier alpha value is -1.70. The van der Waals surface area contributed by atoms with E-state index in [1.807, 2.05) is 0 Å². The zero-order valence-electron chi connectivity index (χ0n) is 11.8. The molecule has 0 heterocycles. The SMILES string of the molecule is Cc1cc(S(=O)(=O)NC(C(N)=O)c2ccccc2)ccc1Br. The van der Waals surface area contributed by atoms with Crippen LogP contribution in [0.2, 0.25) is 0 Å². The summed E-state index contributed by atoms with van der Waals surface area (Å²) in [5.41, 5.74) is 6.60. The predicted molar refractivity (Wildman–Crippen MR) is 87.6 cm³/mol. The van der Waals surface area contributed by atoms with Gasteiger partial charge >= 0.3 is 0 Å². The number of nitrogens with two attached hydrogens (primary N) is 1. The van der Waals surface area contributed by atoms with Gasteiger partial charge < -0.3 is 5.73 Å². The van der Waals surface area contributed by atoms with Crippen molar-refractivity contribution in [1.29, 1.82) is 0 Å². The molecule has 1 atom stereocenters. The van der Waals surface area contributed by atoms with E-state index in [0.717, 1.165) is 10.0 Å². The van der Waals surface area contributed by atoms with Crippen molar-refractivity contribution in [1.82, 2.24) is 4.72 Å². The Labute approximate surface area is 137 Å². The number of nitrogens with one attached hydrogen (secondary N) is 1. The number of amides is 1. The molecule has 0 spiro atoms. The number of primary amides is 1. The zero-order valence-corrected chi connectivity index (χ0v) is 14.2. The van der Waals surface area contributed by atoms with Gasteiger partial charge in [0.1, 0.15) is 6.04 Å². The molecule has 3 N–H and O–H groups in total. The molecular formula is C15H15BrN2O3S. The van der Waals surface area contributed by atoms with Gasteiger partial charge in [-0.15, -0.1) is 0 Å². The fourth-order valence-electron chi connectivity index (χ4n) is 1.94. The summed E-state index contributed by atoms with van der Waals surface area (Å²) >= 11 is 3.32. The van der Waals surface area contributed by atoms with Crippen molar-refractivity contribution < 1.29 is 13.2 Å². The molecule has 116 valence electrons. The standard InChI is InChI=1S/C15H15BrN2O3S/c1-10-9-12(7-8-13(10)16)22(20,21)18-14(15(17)19)11-5-3-2-4-6-11/h2-9,14,18H,1H3,(H2,17,19). The molecule has 1 amide bonds. The zero-order chi connectivity index (χ0) is 16.3. The first-order chi connectivity index (χ1) is 10.3. The Balaban J connectivity index is 2.36. The normalized spacial score (nSPS) is 12.8. The molecule has 5 nitrogen and oxygen atoms in total. The van der Waals surface area contributed by atoms with Gasteiger partial charge in [0.05, 0.1) is 4.90 Å². The number of benzene rings is 2. The third-order valence-electron chi connectivity index (χ3n) is 3.13. The molecule has 7 heteroatoms. The number of rotatable bonds is 5. The van der Waals surface area contributed by atoms with Crippen LogP contribution in [0.1, 0.15) is 17.2 Å². The quantitative estimate of drug-likeness (QED) is 0.830. The van der Waals surface area contributed by atoms with Gasteiger partial charge in [-0.1, -0.05) is 46.3 Å². The molecular weight excluding hydrogens is 368 g/mol. The number of hydrogen-bond donors (Lipinski definition) is 2. The maximum Gasteiger partial charge on any atom is 0.241 e. The minimum atomic E-state index is -3.86. The molecule has 1 unspecified atom stereocenters. The topological polar surface area (TPSA) is 89.3 Å². The Morgan fingerprint density at radius 1 is 1.18 bits per heavy atom. The number of sulfonamides is 1. The smallest absolute Gasteiger partial charge is 0.241 e. The first-order valence-electron chi connectivity index (χ1n) is 6.44. The molecule has 2 aromatic rings. The second-order valence-corrected chi connectivity index (χ2v) is 7.35. The van der Waals surface area contributed by atoms with E-state index < -0.39 is 22.0 Å². The largest absolute Gasteiger partial charge is 0.368 e. The molecule has 0 aliphatic rings. The second-order valence-electron chi connectivity index (χ2n) is 4.78. The van der Waals surface area contributed by atoms with Crippen LogP contribution >= 0.6 is 15.9 Å². The van der Waals surface area contributed by atoms with Crippen molar-refractivity contribution in [2.75, 3.05) is 0 Å². The van der Waals surface area contributed by atoms with Gasteiger partial charge in [-0.3, -0.25) is 4.79 Å². The third-order valence-corrected chi connectivity index (χ3v) is 5.44. The molecule has 0 saturated heterocycles. The Morgan fingerprint density at radius 2 is 1.82 bits per heavy atom. The highest BCUT2D eigenvalue weighted by Crippen LogP contribution is 2.22. The van der Waals surface area contributed by atoms with E-state index in [1.165, 1.54) is 12.1 Å². The van der Waals surface area contributed by atoms with E-state index in [0.29, 0.717) is 5.56 Å². The van der Waals surface area contributed by atoms with Crippen LogP contribution in [0.25, 0.3) is 0 Å². The van der Waals surface area contributed by atoms with Crippen LogP contribution in [0.3, 0.4) is 0 Å². The second kappa shape index (κ2) is 6.60. The summed E-state index contributed by atoms with van der Waals surface area (Å²) in [4.78, 5) is 11.7. The molecule has 0 radical (unpaired) electrons. The van der Waals surface area contributed by atoms with Gasteiger partial charge in [0.15, 0.2) is 0 Å². The van der Waals surface area contributed by atoms with Gasteiger partial charge in [0.2, 0.25) is 15.9 Å². The summed E-state index contributed by atoms with van der Waals surface area (Å²) in [5.74, 6) is -0.761. The van der Waals surface area contributed by atoms with Crippen molar-refractivity contribution in [2.45, 2.75) is 17.9 Å². The van der Waals surface area contributed by atoms with Crippen molar-refractivity contribution in [3.8, 4) is 0 Å². The highest BCUT2D eigenvalue weighted by molar-refractivity contribution is 9.10. The maximum absolute atomic E-state index is 12.4. The molecule has 0 aliphatic carbocycles. The Kier molecular flexibility index (Phi) is 5.00. The van der Waals surface area contributed by atoms with Crippen molar-refractivity contribution >= 4 is 31.9 Å². The molecule has 2 rings (SSSR count). The first kappa shape index (κ1) is 16.7. The third kappa shape index (κ3) is 3.73. The average molecular weight is 383 g/mol. The molecule has 0 bridgehead atoms. The van der Waals surface area contributed by atoms with Gasteiger partial charge in [-0.05, 0) is 36.2 Å². The van der Waals surface area contributed by atoms with Gasteiger partial charge in [-0.25, -0.2) is 8.42 Å². The number of halogens is 1. The lowest BCUT2D eigenvalue weighted by Gasteiger charge is -2.16. The number of carbonyl (C=O) groups excluding carboxylic acids is 1. The molecule has 0 aromatic heterocycles. The summed E-state index contributed by atoms with van der Waals surface area (Å²) in [5, 5.41) is 0. The highest BCUT2D eigenvalue weighted by atomic mass is 79.9. The van der Waals surface area contributed by atoms with E-state index in [1.54, 1.807) is 43.3 Å². The Morgan fingerprint density at radius 3 is 2.36 bits per heavy atom. The fourth-order valence-corrected chi connectivity index (χ4v) is 3.47. The fraction of sp³-hybridized carbons (Fsp3) is 0.133. The maximum atomic E-state index is 12.4. The number of carbonyl (C=O) groups is 1. The predicted octanol–water partition coefficient (Wildman–Crippen LogP) is 2.26. The minimum Gasteiger partial charge on any atom is -0.368 e. The molecule has 0 saturated carbocycles. The summed E-state index contributed by atoms with van der Waals surface area (Å²) in [6, 6.07) is 12.0. The number of hydrogen-bond acceptors (Lipinski definition) is 3. The summed E-state index contributed by atoms with van der Waals surface area (Å²) in [6.07, 6.45) is 0. The van der Waals surface area contributed by atoms with Gasteiger partial charge in [-0.2, -0.15) is 4.72 Å². The molecule has 2 aromatic carbocycles. The monoisotopic (exact) mass is 382 g/mol. The lowest BCUT2D eigenvalue weighted by Crippen LogP contribution is -2.37. The highest BCUT2D eigenvalue weighted by Gasteiger charge is 2.25. The van der Waals surface area contributed by atoms with Crippen LogP contribution in [0, 0.1) is 6.92 Å². The number of aryl methyl sites for hydroxylation is 1. The van der Waals surface area contributed by atoms with E-state index >= 15 is 0 Å². The first-order valence-corrected chi connectivity index (χ1v) is 8.71. The van der Waals surface area contributed by atoms with Crippen molar-refractivity contribution in [2.24, 2.45) is 5.73 Å². The van der Waals surface area contributed by atoms with Crippen LogP contribution in [0.15, 0.2) is 57.9 Å². The van der Waals surface area contributed by atoms with E-state index in [9.17, 15) is 13.2 Å². The van der Waals surface area contributed by atoms with Crippen LogP contribution < -0.4 is 10.5 Å². The summed E-state index contributed by atoms with van der Waals surface area (Å²) in [6.45, 7) is 1.78. The average Bonchev–Trinajstić information content (AvgIpc) is 2.48. The lowest BCUT2D eigenvalue weighted by atomic mass is 10.1. The van der Waals surface area contributed by atoms with Crippen LogP contribution in [0.5, 0.6) is 0 Å². The van der Waals surface area contributed by atoms with Crippen LogP contribution in [-0.2, 0) is 14.8 Å². The van der Waals surface area contributed by atoms with Crippen molar-refractivity contribution in [3.05, 3.63) is 64.1 Å². The van der Waals surface area contributed by atoms with Gasteiger partial charge in [0.25, 0.3) is 0 Å². The van der Waals surface area contributed by atoms with E-state index in [4.69, 9.17) is 5.73 Å². The van der Waals surface area contributed by atoms with Gasteiger partial charge in [0, 0.05) is 4.47 Å². The Bertz CT molecular complexity index is 792. The molecule has 0 fully saturated rings. The minimum absolute atomic E-state index is 0.0791. The van der Waals surface area contributed by atoms with E-state index in [2.05, 4.69) is 20.7 Å². The van der Waals surface area contributed by atoms with Crippen LogP contribution in [-0.4, -0.2) is 14.3 Å². The molecule has 22 heavy (non-hydrogen) atoms. The van der Waals surface area contributed by atoms with Crippen molar-refractivity contribution in [3.63, 3.8) is 0 Å². The summed E-state index contributed by atoms with van der Waals surface area (Å²) in [7, 11) is -3.86. The lowest BCUT2D eigenvalue weighted by molar-refractivity contribution is -0.119. The summed E-state index contributed by atoms with van der Waals surface area (Å²) < 4.78 is 28.1. The van der Waals surface area contributed by atoms with E-state index in [-0.39, 0.29) is 4.90 Å². The van der Waals surface area contributed by atoms with Crippen LogP contribution in [0.4, 0.5) is 0 Å². The molecule has 0 aliphatic heterocycles.